The fourth-order valence-corrected chi connectivity index (χ4v) is 7.56. The van der Waals surface area contributed by atoms with Crippen molar-refractivity contribution in [1.29, 1.82) is 0 Å². The summed E-state index contributed by atoms with van der Waals surface area (Å²) in [6.45, 7) is 3.56. The molecular weight excluding hydrogens is 393 g/mol. The van der Waals surface area contributed by atoms with Crippen LogP contribution in [0.4, 0.5) is 13.2 Å². The van der Waals surface area contributed by atoms with Crippen LogP contribution in [0.1, 0.15) is 57.8 Å². The SMILES string of the molecule is C=CC(=O)NC1CC2CCCCC2N(S(=O)(=O)C2CCCC(C(F)(F)F)C2)C1. The first kappa shape index (κ1) is 21.6. The molecule has 1 saturated heterocycles. The minimum atomic E-state index is -4.36. The van der Waals surface area contributed by atoms with Crippen LogP contribution >= 0.6 is 0 Å². The number of hydrogen-bond donors (Lipinski definition) is 1. The third kappa shape index (κ3) is 4.56. The molecule has 1 amide bonds. The first-order valence-electron chi connectivity index (χ1n) is 10.1. The number of amides is 1. The Morgan fingerprint density at radius 1 is 1.07 bits per heavy atom. The maximum absolute atomic E-state index is 13.4. The largest absolute Gasteiger partial charge is 0.391 e. The first-order valence-corrected chi connectivity index (χ1v) is 11.6. The van der Waals surface area contributed by atoms with Crippen molar-refractivity contribution in [2.45, 2.75) is 81.3 Å². The van der Waals surface area contributed by atoms with E-state index in [1.807, 2.05) is 0 Å². The van der Waals surface area contributed by atoms with Crippen LogP contribution in [0.5, 0.6) is 0 Å². The molecule has 9 heteroatoms. The van der Waals surface area contributed by atoms with Gasteiger partial charge in [0, 0.05) is 18.6 Å². The van der Waals surface area contributed by atoms with E-state index in [9.17, 15) is 26.4 Å². The third-order valence-corrected chi connectivity index (χ3v) is 8.94. The predicted molar refractivity (Wildman–Crippen MR) is 99.9 cm³/mol. The second-order valence-corrected chi connectivity index (χ2v) is 10.6. The highest BCUT2D eigenvalue weighted by molar-refractivity contribution is 7.89. The summed E-state index contributed by atoms with van der Waals surface area (Å²) in [4.78, 5) is 11.7. The highest BCUT2D eigenvalue weighted by Gasteiger charge is 2.49. The molecule has 0 spiro atoms. The summed E-state index contributed by atoms with van der Waals surface area (Å²) in [5.41, 5.74) is 0. The van der Waals surface area contributed by atoms with Gasteiger partial charge in [0.2, 0.25) is 15.9 Å². The van der Waals surface area contributed by atoms with Gasteiger partial charge in [0.05, 0.1) is 11.2 Å². The van der Waals surface area contributed by atoms with Crippen molar-refractivity contribution >= 4 is 15.9 Å². The van der Waals surface area contributed by atoms with Crippen molar-refractivity contribution in [3.8, 4) is 0 Å². The monoisotopic (exact) mass is 422 g/mol. The van der Waals surface area contributed by atoms with Crippen LogP contribution in [0, 0.1) is 11.8 Å². The second kappa shape index (κ2) is 8.34. The van der Waals surface area contributed by atoms with Crippen molar-refractivity contribution in [3.05, 3.63) is 12.7 Å². The van der Waals surface area contributed by atoms with Crippen LogP contribution in [0.15, 0.2) is 12.7 Å². The first-order chi connectivity index (χ1) is 13.1. The van der Waals surface area contributed by atoms with Crippen LogP contribution in [0.2, 0.25) is 0 Å². The molecule has 5 unspecified atom stereocenters. The number of rotatable bonds is 4. The highest BCUT2D eigenvalue weighted by Crippen LogP contribution is 2.43. The number of piperidine rings is 1. The summed E-state index contributed by atoms with van der Waals surface area (Å²) in [6.07, 6.45) is 1.23. The molecule has 1 heterocycles. The fraction of sp³-hybridized carbons (Fsp3) is 0.842. The number of carbonyl (C=O) groups is 1. The molecule has 5 nitrogen and oxygen atoms in total. The molecule has 0 aromatic rings. The average Bonchev–Trinajstić information content (AvgIpc) is 2.66. The van der Waals surface area contributed by atoms with Gasteiger partial charge in [-0.1, -0.05) is 25.8 Å². The standard InChI is InChI=1S/C19H29F3N2O3S/c1-2-18(25)23-15-10-13-6-3-4-9-17(13)24(12-15)28(26,27)16-8-5-7-14(11-16)19(20,21)22/h2,13-17H,1,3-12H2,(H,23,25). The summed E-state index contributed by atoms with van der Waals surface area (Å²) in [7, 11) is -3.87. The van der Waals surface area contributed by atoms with E-state index in [1.165, 1.54) is 4.31 Å². The molecule has 0 aromatic heterocycles. The van der Waals surface area contributed by atoms with Gasteiger partial charge in [-0.15, -0.1) is 0 Å². The van der Waals surface area contributed by atoms with Crippen LogP contribution in [-0.4, -0.2) is 48.7 Å². The van der Waals surface area contributed by atoms with Crippen molar-refractivity contribution in [2.75, 3.05) is 6.54 Å². The Bertz CT molecular complexity index is 695. The van der Waals surface area contributed by atoms with Gasteiger partial charge in [-0.3, -0.25) is 4.79 Å². The minimum Gasteiger partial charge on any atom is -0.348 e. The van der Waals surface area contributed by atoms with Gasteiger partial charge >= 0.3 is 6.18 Å². The average molecular weight is 423 g/mol. The lowest BCUT2D eigenvalue weighted by molar-refractivity contribution is -0.181. The third-order valence-electron chi connectivity index (χ3n) is 6.60. The Kier molecular flexibility index (Phi) is 6.44. The lowest BCUT2D eigenvalue weighted by atomic mass is 9.78. The van der Waals surface area contributed by atoms with Gasteiger partial charge in [0.25, 0.3) is 0 Å². The summed E-state index contributed by atoms with van der Waals surface area (Å²) in [5, 5.41) is 1.80. The van der Waals surface area contributed by atoms with Crippen molar-refractivity contribution < 1.29 is 26.4 Å². The minimum absolute atomic E-state index is 0.000406. The Morgan fingerprint density at radius 3 is 2.46 bits per heavy atom. The molecule has 3 fully saturated rings. The second-order valence-electron chi connectivity index (χ2n) is 8.40. The van der Waals surface area contributed by atoms with Gasteiger partial charge in [0.1, 0.15) is 0 Å². The number of fused-ring (bicyclic) bond motifs is 1. The van der Waals surface area contributed by atoms with E-state index in [0.717, 1.165) is 31.8 Å². The van der Waals surface area contributed by atoms with Gasteiger partial charge in [0.15, 0.2) is 0 Å². The molecule has 0 bridgehead atoms. The van der Waals surface area contributed by atoms with E-state index < -0.39 is 27.4 Å². The zero-order valence-corrected chi connectivity index (χ0v) is 16.8. The Balaban J connectivity index is 1.82. The smallest absolute Gasteiger partial charge is 0.348 e. The van der Waals surface area contributed by atoms with E-state index in [-0.39, 0.29) is 56.1 Å². The molecule has 1 N–H and O–H groups in total. The Labute approximate surface area is 164 Å². The molecule has 3 rings (SSSR count). The predicted octanol–water partition coefficient (Wildman–Crippen LogP) is 3.37. The number of nitrogens with one attached hydrogen (secondary N) is 1. The number of nitrogens with zero attached hydrogens (tertiary/aromatic N) is 1. The topological polar surface area (TPSA) is 66.5 Å². The molecule has 0 radical (unpaired) electrons. The van der Waals surface area contributed by atoms with E-state index in [1.54, 1.807) is 0 Å². The van der Waals surface area contributed by atoms with E-state index >= 15 is 0 Å². The van der Waals surface area contributed by atoms with Crippen molar-refractivity contribution in [2.24, 2.45) is 11.8 Å². The molecular formula is C19H29F3N2O3S. The number of alkyl halides is 3. The van der Waals surface area contributed by atoms with Crippen LogP contribution in [-0.2, 0) is 14.8 Å². The highest BCUT2D eigenvalue weighted by atomic mass is 32.2. The molecule has 0 aromatic carbocycles. The lowest BCUT2D eigenvalue weighted by Crippen LogP contribution is -2.60. The van der Waals surface area contributed by atoms with Gasteiger partial charge < -0.3 is 5.32 Å². The summed E-state index contributed by atoms with van der Waals surface area (Å²) >= 11 is 0. The van der Waals surface area contributed by atoms with Crippen LogP contribution in [0.3, 0.4) is 0 Å². The number of carbonyl (C=O) groups excluding carboxylic acids is 1. The molecule has 2 saturated carbocycles. The number of hydrogen-bond acceptors (Lipinski definition) is 3. The Hall–Kier alpha value is -1.09. The lowest BCUT2D eigenvalue weighted by Gasteiger charge is -2.47. The quantitative estimate of drug-likeness (QED) is 0.707. The van der Waals surface area contributed by atoms with E-state index in [4.69, 9.17) is 0 Å². The molecule has 28 heavy (non-hydrogen) atoms. The molecule has 160 valence electrons. The summed E-state index contributed by atoms with van der Waals surface area (Å²) in [6, 6.07) is -0.497. The molecule has 5 atom stereocenters. The van der Waals surface area contributed by atoms with Crippen LogP contribution < -0.4 is 5.32 Å². The molecule has 1 aliphatic heterocycles. The number of sulfonamides is 1. The fourth-order valence-electron chi connectivity index (χ4n) is 5.20. The summed E-state index contributed by atoms with van der Waals surface area (Å²) < 4.78 is 67.8. The molecule has 2 aliphatic carbocycles. The summed E-state index contributed by atoms with van der Waals surface area (Å²) in [5.74, 6) is -1.77. The van der Waals surface area contributed by atoms with Crippen molar-refractivity contribution in [3.63, 3.8) is 0 Å². The zero-order valence-electron chi connectivity index (χ0n) is 16.0. The maximum Gasteiger partial charge on any atom is 0.391 e. The van der Waals surface area contributed by atoms with E-state index in [0.29, 0.717) is 6.42 Å². The zero-order chi connectivity index (χ0) is 20.5. The number of halogens is 3. The molecule has 3 aliphatic rings. The van der Waals surface area contributed by atoms with Crippen LogP contribution in [0.25, 0.3) is 0 Å². The van der Waals surface area contributed by atoms with Crippen molar-refractivity contribution in [1.82, 2.24) is 9.62 Å². The van der Waals surface area contributed by atoms with Gasteiger partial charge in [-0.25, -0.2) is 8.42 Å². The Morgan fingerprint density at radius 2 is 1.79 bits per heavy atom. The van der Waals surface area contributed by atoms with Gasteiger partial charge in [-0.2, -0.15) is 17.5 Å². The van der Waals surface area contributed by atoms with Gasteiger partial charge in [-0.05, 0) is 50.5 Å². The normalized spacial score (nSPS) is 35.0. The van der Waals surface area contributed by atoms with E-state index in [2.05, 4.69) is 11.9 Å². The maximum atomic E-state index is 13.4.